The predicted octanol–water partition coefficient (Wildman–Crippen LogP) is 2.55. The van der Waals surface area contributed by atoms with Gasteiger partial charge in [0, 0.05) is 11.9 Å². The molecule has 0 aliphatic rings. The van der Waals surface area contributed by atoms with Crippen LogP contribution >= 0.6 is 0 Å². The van der Waals surface area contributed by atoms with E-state index >= 15 is 0 Å². The van der Waals surface area contributed by atoms with Gasteiger partial charge in [0.15, 0.2) is 0 Å². The summed E-state index contributed by atoms with van der Waals surface area (Å²) in [6.45, 7) is 6.20. The van der Waals surface area contributed by atoms with E-state index in [1.165, 1.54) is 0 Å². The first kappa shape index (κ1) is 9.79. The molecule has 0 aliphatic heterocycles. The lowest BCUT2D eigenvalue weighted by Crippen LogP contribution is -1.96. The van der Waals surface area contributed by atoms with Crippen LogP contribution in [0.15, 0.2) is 6.20 Å². The predicted molar refractivity (Wildman–Crippen MR) is 51.3 cm³/mol. The topological polar surface area (TPSA) is 52.5 Å². The summed E-state index contributed by atoms with van der Waals surface area (Å²) >= 11 is 0. The maximum absolute atomic E-state index is 8.82. The van der Waals surface area contributed by atoms with E-state index in [9.17, 15) is 0 Å². The Bertz CT molecular complexity index is 306. The highest BCUT2D eigenvalue weighted by Crippen LogP contribution is 2.18. The first-order valence-electron chi connectivity index (χ1n) is 4.63. The number of imidazole rings is 1. The molecule has 1 aromatic heterocycles. The van der Waals surface area contributed by atoms with Crippen molar-refractivity contribution in [3.8, 4) is 6.07 Å². The Morgan fingerprint density at radius 3 is 2.69 bits per heavy atom. The number of rotatable bonds is 3. The number of hydrogen-bond donors (Lipinski definition) is 1. The van der Waals surface area contributed by atoms with Crippen molar-refractivity contribution in [2.45, 2.75) is 39.0 Å². The average Bonchev–Trinajstić information content (AvgIpc) is 2.56. The van der Waals surface area contributed by atoms with Gasteiger partial charge in [0.05, 0.1) is 6.07 Å². The molecule has 3 nitrogen and oxygen atoms in total. The second kappa shape index (κ2) is 4.08. The van der Waals surface area contributed by atoms with E-state index in [1.54, 1.807) is 0 Å². The Kier molecular flexibility index (Phi) is 3.07. The number of aromatic nitrogens is 2. The minimum absolute atomic E-state index is 0.0903. The van der Waals surface area contributed by atoms with E-state index < -0.39 is 0 Å². The molecule has 0 amide bonds. The monoisotopic (exact) mass is 177 g/mol. The molecule has 0 bridgehead atoms. The molecular formula is C10H15N3. The van der Waals surface area contributed by atoms with Crippen LogP contribution in [0.5, 0.6) is 0 Å². The van der Waals surface area contributed by atoms with Gasteiger partial charge in [-0.15, -0.1) is 0 Å². The molecule has 1 aromatic rings. The summed E-state index contributed by atoms with van der Waals surface area (Å²) in [6, 6.07) is 2.23. The molecule has 0 spiro atoms. The third kappa shape index (κ3) is 2.09. The van der Waals surface area contributed by atoms with Gasteiger partial charge in [-0.3, -0.25) is 0 Å². The summed E-state index contributed by atoms with van der Waals surface area (Å²) in [5, 5.41) is 8.82. The van der Waals surface area contributed by atoms with Crippen LogP contribution in [0.3, 0.4) is 0 Å². The van der Waals surface area contributed by atoms with Crippen LogP contribution in [0.4, 0.5) is 0 Å². The molecule has 1 atom stereocenters. The van der Waals surface area contributed by atoms with Gasteiger partial charge in [-0.1, -0.05) is 20.8 Å². The van der Waals surface area contributed by atoms with Crippen molar-refractivity contribution in [2.75, 3.05) is 0 Å². The van der Waals surface area contributed by atoms with E-state index in [0.29, 0.717) is 5.92 Å². The summed E-state index contributed by atoms with van der Waals surface area (Å²) < 4.78 is 0. The van der Waals surface area contributed by atoms with E-state index in [1.807, 2.05) is 13.1 Å². The largest absolute Gasteiger partial charge is 0.345 e. The SMILES string of the molecule is CCC(C#N)c1ncc(C(C)C)[nH]1. The van der Waals surface area contributed by atoms with E-state index in [-0.39, 0.29) is 5.92 Å². The van der Waals surface area contributed by atoms with Crippen molar-refractivity contribution in [1.82, 2.24) is 9.97 Å². The molecule has 0 fully saturated rings. The second-order valence-electron chi connectivity index (χ2n) is 3.47. The maximum Gasteiger partial charge on any atom is 0.123 e. The van der Waals surface area contributed by atoms with Crippen molar-refractivity contribution in [2.24, 2.45) is 0 Å². The molecule has 0 saturated heterocycles. The molecule has 70 valence electrons. The van der Waals surface area contributed by atoms with Gasteiger partial charge in [0.1, 0.15) is 11.7 Å². The zero-order valence-corrected chi connectivity index (χ0v) is 8.33. The summed E-state index contributed by atoms with van der Waals surface area (Å²) in [7, 11) is 0. The van der Waals surface area contributed by atoms with Crippen molar-refractivity contribution in [3.63, 3.8) is 0 Å². The Labute approximate surface area is 78.8 Å². The Balaban J connectivity index is 2.85. The van der Waals surface area contributed by atoms with E-state index in [4.69, 9.17) is 5.26 Å². The molecule has 1 unspecified atom stereocenters. The smallest absolute Gasteiger partial charge is 0.123 e. The quantitative estimate of drug-likeness (QED) is 0.771. The highest BCUT2D eigenvalue weighted by molar-refractivity contribution is 5.13. The molecule has 13 heavy (non-hydrogen) atoms. The molecule has 1 N–H and O–H groups in total. The third-order valence-electron chi connectivity index (χ3n) is 2.13. The van der Waals surface area contributed by atoms with E-state index in [2.05, 4.69) is 29.9 Å². The van der Waals surface area contributed by atoms with Crippen molar-refractivity contribution >= 4 is 0 Å². The number of aromatic amines is 1. The molecular weight excluding hydrogens is 162 g/mol. The Morgan fingerprint density at radius 2 is 2.31 bits per heavy atom. The normalized spacial score (nSPS) is 12.8. The second-order valence-corrected chi connectivity index (χ2v) is 3.47. The van der Waals surface area contributed by atoms with Gasteiger partial charge < -0.3 is 4.98 Å². The zero-order chi connectivity index (χ0) is 9.84. The fourth-order valence-electron chi connectivity index (χ4n) is 1.17. The Hall–Kier alpha value is -1.30. The molecule has 0 aliphatic carbocycles. The zero-order valence-electron chi connectivity index (χ0n) is 8.33. The first-order valence-corrected chi connectivity index (χ1v) is 4.63. The minimum Gasteiger partial charge on any atom is -0.345 e. The van der Waals surface area contributed by atoms with Gasteiger partial charge in [-0.2, -0.15) is 5.26 Å². The van der Waals surface area contributed by atoms with Crippen LogP contribution in [0.2, 0.25) is 0 Å². The number of nitrogens with one attached hydrogen (secondary N) is 1. The van der Waals surface area contributed by atoms with Crippen LogP contribution in [-0.2, 0) is 0 Å². The van der Waals surface area contributed by atoms with Crippen LogP contribution < -0.4 is 0 Å². The highest BCUT2D eigenvalue weighted by atomic mass is 14.9. The maximum atomic E-state index is 8.82. The van der Waals surface area contributed by atoms with Gasteiger partial charge >= 0.3 is 0 Å². The fourth-order valence-corrected chi connectivity index (χ4v) is 1.17. The summed E-state index contributed by atoms with van der Waals surface area (Å²) in [5.74, 6) is 1.15. The number of nitriles is 1. The lowest BCUT2D eigenvalue weighted by molar-refractivity contribution is 0.751. The number of nitrogens with zero attached hydrogens (tertiary/aromatic N) is 2. The average molecular weight is 177 g/mol. The number of H-pyrrole nitrogens is 1. The van der Waals surface area contributed by atoms with Gasteiger partial charge in [-0.05, 0) is 12.3 Å². The summed E-state index contributed by atoms with van der Waals surface area (Å²) in [6.07, 6.45) is 2.63. The molecule has 0 saturated carbocycles. The minimum atomic E-state index is -0.0903. The lowest BCUT2D eigenvalue weighted by atomic mass is 10.1. The summed E-state index contributed by atoms with van der Waals surface area (Å²) in [5.41, 5.74) is 1.10. The van der Waals surface area contributed by atoms with E-state index in [0.717, 1.165) is 17.9 Å². The molecule has 3 heteroatoms. The standard InChI is InChI=1S/C10H15N3/c1-4-8(5-11)10-12-6-9(13-10)7(2)3/h6-8H,4H2,1-3H3,(H,12,13). The van der Waals surface area contributed by atoms with Gasteiger partial charge in [-0.25, -0.2) is 4.98 Å². The number of hydrogen-bond acceptors (Lipinski definition) is 2. The van der Waals surface area contributed by atoms with Crippen molar-refractivity contribution < 1.29 is 0 Å². The molecule has 0 aromatic carbocycles. The third-order valence-corrected chi connectivity index (χ3v) is 2.13. The van der Waals surface area contributed by atoms with Gasteiger partial charge in [0.25, 0.3) is 0 Å². The van der Waals surface area contributed by atoms with Gasteiger partial charge in [0.2, 0.25) is 0 Å². The molecule has 1 rings (SSSR count). The summed E-state index contributed by atoms with van der Waals surface area (Å²) in [4.78, 5) is 7.38. The highest BCUT2D eigenvalue weighted by Gasteiger charge is 2.12. The Morgan fingerprint density at radius 1 is 1.62 bits per heavy atom. The van der Waals surface area contributed by atoms with Crippen LogP contribution in [-0.4, -0.2) is 9.97 Å². The molecule has 1 heterocycles. The fraction of sp³-hybridized carbons (Fsp3) is 0.600. The lowest BCUT2D eigenvalue weighted by Gasteiger charge is -2.01. The van der Waals surface area contributed by atoms with Crippen LogP contribution in [0, 0.1) is 11.3 Å². The van der Waals surface area contributed by atoms with Crippen LogP contribution in [0.1, 0.15) is 50.5 Å². The van der Waals surface area contributed by atoms with Crippen LogP contribution in [0.25, 0.3) is 0 Å². The van der Waals surface area contributed by atoms with Crippen molar-refractivity contribution in [3.05, 3.63) is 17.7 Å². The first-order chi connectivity index (χ1) is 6.19. The molecule has 0 radical (unpaired) electrons. The van der Waals surface area contributed by atoms with Crippen molar-refractivity contribution in [1.29, 1.82) is 5.26 Å².